The van der Waals surface area contributed by atoms with E-state index in [1.807, 2.05) is 24.4 Å². The number of piperidine rings is 1. The molecule has 2 fully saturated rings. The molecule has 0 radical (unpaired) electrons. The van der Waals surface area contributed by atoms with Crippen molar-refractivity contribution in [1.82, 2.24) is 14.9 Å². The van der Waals surface area contributed by atoms with Crippen molar-refractivity contribution >= 4 is 0 Å². The van der Waals surface area contributed by atoms with Crippen LogP contribution in [0, 0.1) is 5.41 Å². The maximum atomic E-state index is 6.13. The fraction of sp³-hybridized carbons (Fsp3) is 0.500. The first-order valence-corrected chi connectivity index (χ1v) is 9.11. The Balaban J connectivity index is 1.47. The van der Waals surface area contributed by atoms with E-state index in [0.29, 0.717) is 6.61 Å². The molecule has 0 unspecified atom stereocenters. The summed E-state index contributed by atoms with van der Waals surface area (Å²) in [6.07, 6.45) is 9.02. The average molecular weight is 339 g/mol. The Morgan fingerprint density at radius 2 is 2.24 bits per heavy atom. The number of rotatable bonds is 5. The number of ether oxygens (including phenoxy) is 2. The van der Waals surface area contributed by atoms with E-state index >= 15 is 0 Å². The van der Waals surface area contributed by atoms with Gasteiger partial charge in [0.1, 0.15) is 5.75 Å². The summed E-state index contributed by atoms with van der Waals surface area (Å²) in [4.78, 5) is 11.1. The maximum absolute atomic E-state index is 6.13. The van der Waals surface area contributed by atoms with E-state index in [9.17, 15) is 0 Å². The highest BCUT2D eigenvalue weighted by Crippen LogP contribution is 2.40. The average Bonchev–Trinajstić information content (AvgIpc) is 2.68. The molecule has 5 nitrogen and oxygen atoms in total. The highest BCUT2D eigenvalue weighted by molar-refractivity contribution is 5.16. The minimum Gasteiger partial charge on any atom is -0.491 e. The third kappa shape index (κ3) is 3.83. The van der Waals surface area contributed by atoms with Gasteiger partial charge in [-0.1, -0.05) is 6.07 Å². The quantitative estimate of drug-likeness (QED) is 0.838. The molecule has 2 atom stereocenters. The van der Waals surface area contributed by atoms with Gasteiger partial charge in [-0.2, -0.15) is 0 Å². The van der Waals surface area contributed by atoms with Crippen LogP contribution in [0.2, 0.25) is 0 Å². The molecule has 2 aliphatic heterocycles. The maximum Gasteiger partial charge on any atom is 0.137 e. The first-order chi connectivity index (χ1) is 12.3. The summed E-state index contributed by atoms with van der Waals surface area (Å²) in [5.41, 5.74) is 1.18. The van der Waals surface area contributed by atoms with Crippen LogP contribution < -0.4 is 4.74 Å². The fourth-order valence-corrected chi connectivity index (χ4v) is 4.11. The number of likely N-dealkylation sites (tertiary alicyclic amines) is 1. The van der Waals surface area contributed by atoms with Crippen LogP contribution in [0.15, 0.2) is 48.9 Å². The summed E-state index contributed by atoms with van der Waals surface area (Å²) >= 11 is 0. The molecular formula is C20H25N3O2. The zero-order valence-corrected chi connectivity index (χ0v) is 14.5. The van der Waals surface area contributed by atoms with Crippen LogP contribution in [0.25, 0.3) is 0 Å². The second-order valence-electron chi connectivity index (χ2n) is 7.12. The van der Waals surface area contributed by atoms with E-state index in [2.05, 4.69) is 27.0 Å². The van der Waals surface area contributed by atoms with Gasteiger partial charge < -0.3 is 9.47 Å². The molecule has 0 aliphatic carbocycles. The van der Waals surface area contributed by atoms with Crippen molar-refractivity contribution in [3.8, 4) is 5.75 Å². The van der Waals surface area contributed by atoms with Crippen molar-refractivity contribution in [2.75, 3.05) is 26.3 Å². The molecule has 25 heavy (non-hydrogen) atoms. The highest BCUT2D eigenvalue weighted by atomic mass is 16.5. The van der Waals surface area contributed by atoms with Gasteiger partial charge in [0, 0.05) is 44.0 Å². The third-order valence-electron chi connectivity index (χ3n) is 5.34. The van der Waals surface area contributed by atoms with Gasteiger partial charge in [-0.15, -0.1) is 0 Å². The van der Waals surface area contributed by atoms with Crippen molar-refractivity contribution in [2.24, 2.45) is 5.41 Å². The second-order valence-corrected chi connectivity index (χ2v) is 7.12. The molecule has 0 amide bonds. The van der Waals surface area contributed by atoms with E-state index in [0.717, 1.165) is 56.9 Å². The lowest BCUT2D eigenvalue weighted by Crippen LogP contribution is -2.57. The van der Waals surface area contributed by atoms with Gasteiger partial charge in [-0.3, -0.25) is 14.9 Å². The van der Waals surface area contributed by atoms with E-state index in [1.165, 1.54) is 0 Å². The highest BCUT2D eigenvalue weighted by Gasteiger charge is 2.46. The molecule has 2 saturated heterocycles. The van der Waals surface area contributed by atoms with Crippen LogP contribution in [0.4, 0.5) is 0 Å². The first kappa shape index (κ1) is 16.5. The number of fused-ring (bicyclic) bond motifs is 1. The van der Waals surface area contributed by atoms with Gasteiger partial charge >= 0.3 is 0 Å². The van der Waals surface area contributed by atoms with E-state index in [4.69, 9.17) is 9.47 Å². The van der Waals surface area contributed by atoms with Crippen molar-refractivity contribution in [1.29, 1.82) is 0 Å². The lowest BCUT2D eigenvalue weighted by Gasteiger charge is -2.50. The molecule has 0 saturated carbocycles. The predicted molar refractivity (Wildman–Crippen MR) is 95.3 cm³/mol. The van der Waals surface area contributed by atoms with E-state index in [1.54, 1.807) is 12.4 Å². The predicted octanol–water partition coefficient (Wildman–Crippen LogP) is 2.93. The van der Waals surface area contributed by atoms with Gasteiger partial charge in [0.2, 0.25) is 0 Å². The van der Waals surface area contributed by atoms with Crippen molar-refractivity contribution in [2.45, 2.75) is 31.9 Å². The van der Waals surface area contributed by atoms with Crippen LogP contribution in [0.5, 0.6) is 5.75 Å². The van der Waals surface area contributed by atoms with Gasteiger partial charge in [0.15, 0.2) is 0 Å². The zero-order valence-electron chi connectivity index (χ0n) is 14.5. The number of hydrogen-bond acceptors (Lipinski definition) is 5. The Morgan fingerprint density at radius 3 is 3.08 bits per heavy atom. The normalized spacial score (nSPS) is 26.8. The van der Waals surface area contributed by atoms with Crippen LogP contribution in [0.1, 0.15) is 25.0 Å². The van der Waals surface area contributed by atoms with Gasteiger partial charge in [0.05, 0.1) is 24.6 Å². The molecule has 2 aromatic rings. The minimum atomic E-state index is 0.0567. The van der Waals surface area contributed by atoms with Gasteiger partial charge in [-0.25, -0.2) is 0 Å². The Bertz CT molecular complexity index is 667. The lowest BCUT2D eigenvalue weighted by molar-refractivity contribution is -0.141. The summed E-state index contributed by atoms with van der Waals surface area (Å²) in [5.74, 6) is 0.836. The minimum absolute atomic E-state index is 0.0567. The van der Waals surface area contributed by atoms with Gasteiger partial charge in [-0.05, 0) is 43.5 Å². The number of aromatic nitrogens is 2. The monoisotopic (exact) mass is 339 g/mol. The smallest absolute Gasteiger partial charge is 0.137 e. The summed E-state index contributed by atoms with van der Waals surface area (Å²) in [6, 6.07) is 10.0. The van der Waals surface area contributed by atoms with Crippen molar-refractivity contribution < 1.29 is 9.47 Å². The Morgan fingerprint density at radius 1 is 1.24 bits per heavy atom. The molecule has 0 N–H and O–H groups in total. The fourth-order valence-electron chi connectivity index (χ4n) is 4.11. The summed E-state index contributed by atoms with van der Waals surface area (Å²) in [5, 5.41) is 0. The molecule has 2 aromatic heterocycles. The number of nitrogens with zero attached hydrogens (tertiary/aromatic N) is 3. The van der Waals surface area contributed by atoms with E-state index in [-0.39, 0.29) is 11.5 Å². The molecule has 0 aromatic carbocycles. The molecule has 0 spiro atoms. The van der Waals surface area contributed by atoms with Crippen molar-refractivity contribution in [3.63, 3.8) is 0 Å². The second kappa shape index (κ2) is 7.50. The standard InChI is InChI=1S/C20H25N3O2/c1-2-10-22-17(5-1)14-23-11-7-19-20(15-23,8-4-12-24-19)16-25-18-6-3-9-21-13-18/h1-3,5-6,9-10,13,19H,4,7-8,11-12,14-16H2/t19-,20-/m0/s1. The molecule has 4 heterocycles. The number of hydrogen-bond donors (Lipinski definition) is 0. The molecule has 5 heteroatoms. The van der Waals surface area contributed by atoms with Crippen LogP contribution in [-0.4, -0.2) is 47.3 Å². The zero-order chi connectivity index (χ0) is 17.0. The topological polar surface area (TPSA) is 47.5 Å². The number of pyridine rings is 2. The van der Waals surface area contributed by atoms with Gasteiger partial charge in [0.25, 0.3) is 0 Å². The van der Waals surface area contributed by atoms with E-state index < -0.39 is 0 Å². The summed E-state index contributed by atoms with van der Waals surface area (Å²) in [7, 11) is 0. The first-order valence-electron chi connectivity index (χ1n) is 9.11. The SMILES string of the molecule is c1ccc(CN2CC[C@@H]3OCCC[C@@]3(COc3cccnc3)C2)nc1. The molecule has 0 bridgehead atoms. The Hall–Kier alpha value is -1.98. The molecule has 2 aliphatic rings. The summed E-state index contributed by atoms with van der Waals surface area (Å²) < 4.78 is 12.3. The van der Waals surface area contributed by atoms with Crippen LogP contribution >= 0.6 is 0 Å². The molecular weight excluding hydrogens is 314 g/mol. The van der Waals surface area contributed by atoms with Crippen LogP contribution in [0.3, 0.4) is 0 Å². The van der Waals surface area contributed by atoms with Crippen molar-refractivity contribution in [3.05, 3.63) is 54.6 Å². The lowest BCUT2D eigenvalue weighted by atomic mass is 9.73. The van der Waals surface area contributed by atoms with Crippen LogP contribution in [-0.2, 0) is 11.3 Å². The third-order valence-corrected chi connectivity index (χ3v) is 5.34. The summed E-state index contributed by atoms with van der Waals surface area (Å²) in [6.45, 7) is 4.49. The molecule has 132 valence electrons. The Labute approximate surface area is 149 Å². The Kier molecular flexibility index (Phi) is 4.95. The largest absolute Gasteiger partial charge is 0.491 e. The molecule has 4 rings (SSSR count).